The number of allylic oxidation sites excluding steroid dienone is 1. The van der Waals surface area contributed by atoms with E-state index in [1.54, 1.807) is 4.90 Å². The predicted molar refractivity (Wildman–Crippen MR) is 143 cm³/mol. The molecule has 0 saturated carbocycles. The van der Waals surface area contributed by atoms with E-state index in [1.807, 2.05) is 34.9 Å². The van der Waals surface area contributed by atoms with Crippen molar-refractivity contribution in [1.29, 1.82) is 0 Å². The molecule has 0 radical (unpaired) electrons. The number of thiocarbonyl (C=S) groups is 1. The van der Waals surface area contributed by atoms with Gasteiger partial charge in [-0.05, 0) is 38.5 Å². The molecule has 1 atom stereocenters. The van der Waals surface area contributed by atoms with E-state index in [2.05, 4.69) is 0 Å². The number of aliphatic hydroxyl groups is 1. The number of nitro groups is 1. The molecular formula is C24H35N4O6S2+. The second-order valence-electron chi connectivity index (χ2n) is 8.67. The topological polar surface area (TPSA) is 113 Å². The Morgan fingerprint density at radius 3 is 2.31 bits per heavy atom. The van der Waals surface area contributed by atoms with Crippen LogP contribution in [0.1, 0.15) is 39.2 Å². The fraction of sp³-hybridized carbons (Fsp3) is 0.542. The number of aliphatic hydroxyl groups excluding tert-OH is 1. The molecule has 1 unspecified atom stereocenters. The second-order valence-corrected chi connectivity index (χ2v) is 10.4. The standard InChI is InChI=1S/C24H34N4O6S2/c1-6-28(7-2,8-3)20-15-21(30)26(20)22(19(29)13-14-36-24(35)25(4)5)23(31)34-16-17-9-11-18(12-10-17)27(32)33/h9-12,20H,6-8,13-16H2,1-5H3/p+1. The molecule has 0 spiro atoms. The van der Waals surface area contributed by atoms with Crippen molar-refractivity contribution in [2.75, 3.05) is 39.5 Å². The van der Waals surface area contributed by atoms with Gasteiger partial charge in [0.05, 0.1) is 24.6 Å². The van der Waals surface area contributed by atoms with E-state index in [9.17, 15) is 24.8 Å². The van der Waals surface area contributed by atoms with E-state index in [-0.39, 0.29) is 48.7 Å². The molecule has 1 aliphatic heterocycles. The van der Waals surface area contributed by atoms with E-state index in [0.29, 0.717) is 20.1 Å². The number of rotatable bonds is 12. The van der Waals surface area contributed by atoms with Crippen LogP contribution in [0, 0.1) is 10.1 Å². The number of hydrogen-bond acceptors (Lipinski definition) is 8. The lowest BCUT2D eigenvalue weighted by atomic mass is 10.0. The van der Waals surface area contributed by atoms with Gasteiger partial charge in [-0.2, -0.15) is 0 Å². The Morgan fingerprint density at radius 1 is 1.25 bits per heavy atom. The number of benzene rings is 1. The summed E-state index contributed by atoms with van der Waals surface area (Å²) >= 11 is 6.64. The number of esters is 1. The Kier molecular flexibility index (Phi) is 10.7. The molecule has 10 nitrogen and oxygen atoms in total. The molecule has 0 aliphatic carbocycles. The molecule has 0 bridgehead atoms. The summed E-state index contributed by atoms with van der Waals surface area (Å²) in [5, 5.41) is 21.9. The van der Waals surface area contributed by atoms with Gasteiger partial charge in [-0.15, -0.1) is 0 Å². The van der Waals surface area contributed by atoms with E-state index in [0.717, 1.165) is 19.6 Å². The largest absolute Gasteiger partial charge is 0.510 e. The highest BCUT2D eigenvalue weighted by Gasteiger charge is 2.52. The van der Waals surface area contributed by atoms with Crippen LogP contribution >= 0.6 is 24.0 Å². The summed E-state index contributed by atoms with van der Waals surface area (Å²) in [5.74, 6) is -0.866. The van der Waals surface area contributed by atoms with Gasteiger partial charge in [-0.25, -0.2) is 4.79 Å². The smallest absolute Gasteiger partial charge is 0.359 e. The summed E-state index contributed by atoms with van der Waals surface area (Å²) in [7, 11) is 3.65. The predicted octanol–water partition coefficient (Wildman–Crippen LogP) is 3.81. The van der Waals surface area contributed by atoms with Crippen LogP contribution < -0.4 is 0 Å². The number of carbonyl (C=O) groups is 2. The van der Waals surface area contributed by atoms with Crippen LogP contribution in [-0.2, 0) is 20.9 Å². The van der Waals surface area contributed by atoms with Gasteiger partial charge in [-0.3, -0.25) is 19.8 Å². The second kappa shape index (κ2) is 13.0. The third-order valence-electron chi connectivity index (χ3n) is 6.60. The molecule has 2 rings (SSSR count). The van der Waals surface area contributed by atoms with Gasteiger partial charge in [0.25, 0.3) is 5.69 Å². The third-order valence-corrected chi connectivity index (χ3v) is 8.34. The normalized spacial score (nSPS) is 16.2. The SMILES string of the molecule is CC[N+](CC)(CC)C1CC(=O)N1C(C(=O)OCc1ccc([N+](=O)[O-])cc1)=C(O)CCSC(=S)N(C)C. The summed E-state index contributed by atoms with van der Waals surface area (Å²) in [5.41, 5.74) is 0.331. The molecule has 1 heterocycles. The first-order valence-corrected chi connectivity index (χ1v) is 13.2. The van der Waals surface area contributed by atoms with Gasteiger partial charge in [0, 0.05) is 38.4 Å². The van der Waals surface area contributed by atoms with E-state index < -0.39 is 10.9 Å². The molecule has 1 N–H and O–H groups in total. The Balaban J connectivity index is 2.31. The lowest BCUT2D eigenvalue weighted by Crippen LogP contribution is -2.70. The van der Waals surface area contributed by atoms with Crippen LogP contribution in [0.4, 0.5) is 5.69 Å². The minimum Gasteiger partial charge on any atom is -0.510 e. The van der Waals surface area contributed by atoms with E-state index in [4.69, 9.17) is 17.0 Å². The highest BCUT2D eigenvalue weighted by Crippen LogP contribution is 2.35. The first kappa shape index (κ1) is 29.5. The van der Waals surface area contributed by atoms with E-state index in [1.165, 1.54) is 40.9 Å². The minimum absolute atomic E-state index is 0.0710. The number of ether oxygens (including phenoxy) is 1. The number of nitrogens with zero attached hydrogens (tertiary/aromatic N) is 4. The minimum atomic E-state index is -0.814. The van der Waals surface area contributed by atoms with Crippen molar-refractivity contribution in [3.05, 3.63) is 51.4 Å². The molecule has 1 fully saturated rings. The molecule has 1 amide bonds. The molecule has 1 saturated heterocycles. The Morgan fingerprint density at radius 2 is 1.83 bits per heavy atom. The summed E-state index contributed by atoms with van der Waals surface area (Å²) in [6, 6.07) is 5.65. The van der Waals surface area contributed by atoms with Gasteiger partial charge in [-0.1, -0.05) is 24.0 Å². The first-order chi connectivity index (χ1) is 17.0. The zero-order valence-corrected chi connectivity index (χ0v) is 23.1. The molecule has 1 aromatic rings. The maximum atomic E-state index is 13.3. The Labute approximate surface area is 221 Å². The van der Waals surface area contributed by atoms with Crippen molar-refractivity contribution in [3.8, 4) is 0 Å². The highest BCUT2D eigenvalue weighted by atomic mass is 32.2. The van der Waals surface area contributed by atoms with Crippen LogP contribution in [0.25, 0.3) is 0 Å². The van der Waals surface area contributed by atoms with Gasteiger partial charge >= 0.3 is 5.97 Å². The van der Waals surface area contributed by atoms with Crippen molar-refractivity contribution >= 4 is 45.9 Å². The zero-order valence-electron chi connectivity index (χ0n) is 21.4. The van der Waals surface area contributed by atoms with Crippen LogP contribution in [0.3, 0.4) is 0 Å². The summed E-state index contributed by atoms with van der Waals surface area (Å²) in [6.45, 7) is 8.27. The number of hydrogen-bond donors (Lipinski definition) is 1. The Hall–Kier alpha value is -2.70. The fourth-order valence-electron chi connectivity index (χ4n) is 4.18. The zero-order chi connectivity index (χ0) is 27.0. The monoisotopic (exact) mass is 539 g/mol. The third kappa shape index (κ3) is 6.74. The van der Waals surface area contributed by atoms with Crippen molar-refractivity contribution in [2.45, 2.75) is 46.4 Å². The van der Waals surface area contributed by atoms with Crippen LogP contribution in [-0.4, -0.2) is 86.2 Å². The highest BCUT2D eigenvalue weighted by molar-refractivity contribution is 8.22. The van der Waals surface area contributed by atoms with Crippen molar-refractivity contribution in [2.24, 2.45) is 0 Å². The maximum absolute atomic E-state index is 13.3. The molecule has 198 valence electrons. The lowest BCUT2D eigenvalue weighted by molar-refractivity contribution is -0.958. The van der Waals surface area contributed by atoms with E-state index >= 15 is 0 Å². The number of quaternary nitrogens is 1. The number of amides is 1. The number of likely N-dealkylation sites (tertiary alicyclic amines) is 1. The van der Waals surface area contributed by atoms with Crippen LogP contribution in [0.2, 0.25) is 0 Å². The van der Waals surface area contributed by atoms with Gasteiger partial charge in [0.15, 0.2) is 11.9 Å². The van der Waals surface area contributed by atoms with Gasteiger partial charge in [0.1, 0.15) is 23.1 Å². The molecule has 12 heteroatoms. The fourth-order valence-corrected chi connectivity index (χ4v) is 5.16. The molecule has 1 aromatic carbocycles. The molecule has 0 aromatic heterocycles. The summed E-state index contributed by atoms with van der Waals surface area (Å²) < 4.78 is 6.71. The summed E-state index contributed by atoms with van der Waals surface area (Å²) in [6.07, 6.45) is 0.125. The number of β-lactam (4-membered cyclic amide) rings is 1. The van der Waals surface area contributed by atoms with Crippen molar-refractivity contribution in [1.82, 2.24) is 9.80 Å². The molecule has 1 aliphatic rings. The quantitative estimate of drug-likeness (QED) is 0.0619. The lowest BCUT2D eigenvalue weighted by Gasteiger charge is -2.52. The number of non-ortho nitro benzene ring substituents is 1. The number of thioether (sulfide) groups is 1. The van der Waals surface area contributed by atoms with Crippen molar-refractivity contribution in [3.63, 3.8) is 0 Å². The molecular weight excluding hydrogens is 504 g/mol. The Bertz CT molecular complexity index is 1000. The van der Waals surface area contributed by atoms with Gasteiger partial charge < -0.3 is 19.2 Å². The average molecular weight is 540 g/mol. The van der Waals surface area contributed by atoms with Crippen molar-refractivity contribution < 1.29 is 28.8 Å². The average Bonchev–Trinajstić information content (AvgIpc) is 2.86. The number of nitro benzene ring substituents is 1. The van der Waals surface area contributed by atoms with Crippen LogP contribution in [0.5, 0.6) is 0 Å². The maximum Gasteiger partial charge on any atom is 0.359 e. The van der Waals surface area contributed by atoms with Crippen LogP contribution in [0.15, 0.2) is 35.7 Å². The number of carbonyl (C=O) groups excluding carboxylic acids is 2. The molecule has 36 heavy (non-hydrogen) atoms. The summed E-state index contributed by atoms with van der Waals surface area (Å²) in [4.78, 5) is 39.6. The first-order valence-electron chi connectivity index (χ1n) is 11.9. The van der Waals surface area contributed by atoms with Gasteiger partial charge in [0.2, 0.25) is 5.91 Å².